The van der Waals surface area contributed by atoms with E-state index < -0.39 is 36.4 Å². The molecule has 0 amide bonds. The van der Waals surface area contributed by atoms with Crippen LogP contribution in [0.3, 0.4) is 0 Å². The summed E-state index contributed by atoms with van der Waals surface area (Å²) in [7, 11) is 2.30. The summed E-state index contributed by atoms with van der Waals surface area (Å²) in [6.07, 6.45) is -8.59. The summed E-state index contributed by atoms with van der Waals surface area (Å²) in [6.45, 7) is 0. The highest BCUT2D eigenvalue weighted by atomic mass is 28.1. The molecule has 0 N–H and O–H groups in total. The Kier molecular flexibility index (Phi) is 4.01. The van der Waals surface area contributed by atoms with Gasteiger partial charge in [-0.2, -0.15) is 39.5 Å². The Labute approximate surface area is 87.2 Å². The largest absolute Gasteiger partial charge is 0.460 e. The molecule has 16 heavy (non-hydrogen) atoms. The van der Waals surface area contributed by atoms with E-state index in [1.54, 1.807) is 0 Å². The highest BCUT2D eigenvalue weighted by Crippen LogP contribution is 2.54. The fraction of sp³-hybridized carbons (Fsp3) is 1.00. The van der Waals surface area contributed by atoms with E-state index >= 15 is 0 Å². The molecule has 0 aromatic heterocycles. The third-order valence-electron chi connectivity index (χ3n) is 1.65. The van der Waals surface area contributed by atoms with Gasteiger partial charge in [0.15, 0.2) is 0 Å². The third-order valence-corrected chi connectivity index (χ3v) is 1.90. The van der Waals surface area contributed by atoms with Crippen molar-refractivity contribution in [3.63, 3.8) is 0 Å². The van der Waals surface area contributed by atoms with Crippen LogP contribution in [0.4, 0.5) is 39.5 Å². The van der Waals surface area contributed by atoms with Crippen LogP contribution in [0.5, 0.6) is 0 Å². The summed E-state index contributed by atoms with van der Waals surface area (Å²) in [4.78, 5) is 0. The minimum absolute atomic E-state index is 0.851. The quantitative estimate of drug-likeness (QED) is 0.544. The zero-order chi connectivity index (χ0) is 13.4. The van der Waals surface area contributed by atoms with Crippen LogP contribution < -0.4 is 0 Å². The van der Waals surface area contributed by atoms with E-state index in [-0.39, 0.29) is 0 Å². The van der Waals surface area contributed by atoms with Crippen molar-refractivity contribution in [3.8, 4) is 0 Å². The molecule has 0 nitrogen and oxygen atoms in total. The smallest absolute Gasteiger partial charge is 0.200 e. The number of hydrogen-bond donors (Lipinski definition) is 0. The van der Waals surface area contributed by atoms with Gasteiger partial charge in [-0.25, -0.2) is 0 Å². The Morgan fingerprint density at radius 1 is 0.688 bits per heavy atom. The Morgan fingerprint density at radius 3 is 1.31 bits per heavy atom. The van der Waals surface area contributed by atoms with Crippen LogP contribution in [0, 0.1) is 0 Å². The molecule has 10 heteroatoms. The first-order valence-electron chi connectivity index (χ1n) is 3.66. The lowest BCUT2D eigenvalue weighted by atomic mass is 10.0. The number of hydrogen-bond acceptors (Lipinski definition) is 0. The molecule has 0 heterocycles. The van der Waals surface area contributed by atoms with Gasteiger partial charge in [-0.05, 0) is 0 Å². The molecule has 3 radical (unpaired) electrons. The molecule has 0 aromatic rings. The first-order valence-corrected chi connectivity index (χ1v) is 4.37. The van der Waals surface area contributed by atoms with Crippen molar-refractivity contribution in [2.45, 2.75) is 36.4 Å². The predicted molar refractivity (Wildman–Crippen MR) is 36.1 cm³/mol. The molecule has 95 valence electrons. The van der Waals surface area contributed by atoms with Crippen LogP contribution in [-0.4, -0.2) is 34.2 Å². The molecule has 0 saturated carbocycles. The van der Waals surface area contributed by atoms with Crippen LogP contribution in [-0.2, 0) is 0 Å². The van der Waals surface area contributed by atoms with E-state index in [2.05, 4.69) is 10.2 Å². The molecule has 0 aromatic carbocycles. The average molecular weight is 275 g/mol. The maximum Gasteiger partial charge on any atom is 0.460 e. The zero-order valence-corrected chi connectivity index (χ0v) is 8.32. The predicted octanol–water partition coefficient (Wildman–Crippen LogP) is 3.43. The van der Waals surface area contributed by atoms with Gasteiger partial charge < -0.3 is 0 Å². The van der Waals surface area contributed by atoms with Crippen molar-refractivity contribution in [1.82, 2.24) is 0 Å². The first-order chi connectivity index (χ1) is 6.81. The Bertz CT molecular complexity index is 243. The highest BCUT2D eigenvalue weighted by Gasteiger charge is 2.81. The van der Waals surface area contributed by atoms with E-state index in [9.17, 15) is 39.5 Å². The molecule has 0 unspecified atom stereocenters. The lowest BCUT2D eigenvalue weighted by molar-refractivity contribution is -0.396. The fourth-order valence-corrected chi connectivity index (χ4v) is 1.04. The molecule has 0 aliphatic rings. The van der Waals surface area contributed by atoms with E-state index in [1.807, 2.05) is 0 Å². The van der Waals surface area contributed by atoms with Crippen LogP contribution in [0.15, 0.2) is 0 Å². The van der Waals surface area contributed by atoms with Gasteiger partial charge in [0.25, 0.3) is 0 Å². The van der Waals surface area contributed by atoms with Gasteiger partial charge >= 0.3 is 23.9 Å². The summed E-state index contributed by atoms with van der Waals surface area (Å²) in [5.41, 5.74) is 0. The van der Waals surface area contributed by atoms with Gasteiger partial charge in [0.05, 0.1) is 0 Å². The summed E-state index contributed by atoms with van der Waals surface area (Å²) in [6, 6.07) is -0.851. The number of halogens is 9. The number of alkyl halides is 9. The van der Waals surface area contributed by atoms with Gasteiger partial charge in [-0.3, -0.25) is 0 Å². The molecule has 0 spiro atoms. The second kappa shape index (κ2) is 4.11. The lowest BCUT2D eigenvalue weighted by Crippen LogP contribution is -2.60. The SMILES string of the molecule is FC(F)(F)C(F)(F)C(F)(F)C(F)(F)CC[Si]. The Balaban J connectivity index is 5.34. The van der Waals surface area contributed by atoms with E-state index in [0.29, 0.717) is 0 Å². The highest BCUT2D eigenvalue weighted by molar-refractivity contribution is 6.08. The van der Waals surface area contributed by atoms with Gasteiger partial charge in [-0.15, -0.1) is 0 Å². The van der Waals surface area contributed by atoms with Gasteiger partial charge in [0, 0.05) is 16.7 Å². The first kappa shape index (κ1) is 15.6. The molecule has 0 fully saturated rings. The molecule has 0 aliphatic heterocycles. The molecular weight excluding hydrogens is 271 g/mol. The molecular formula is C6H4F9Si. The summed E-state index contributed by atoms with van der Waals surface area (Å²) < 4.78 is 109. The molecule has 0 rings (SSSR count). The topological polar surface area (TPSA) is 0 Å². The monoisotopic (exact) mass is 275 g/mol. The Morgan fingerprint density at radius 2 is 1.06 bits per heavy atom. The van der Waals surface area contributed by atoms with E-state index in [0.717, 1.165) is 0 Å². The van der Waals surface area contributed by atoms with Gasteiger partial charge in [-0.1, -0.05) is 6.04 Å². The van der Waals surface area contributed by atoms with Crippen molar-refractivity contribution in [1.29, 1.82) is 0 Å². The number of rotatable bonds is 4. The second-order valence-electron chi connectivity index (χ2n) is 2.85. The van der Waals surface area contributed by atoms with Crippen molar-refractivity contribution < 1.29 is 39.5 Å². The molecule has 0 saturated heterocycles. The van der Waals surface area contributed by atoms with Crippen molar-refractivity contribution in [2.24, 2.45) is 0 Å². The van der Waals surface area contributed by atoms with Gasteiger partial charge in [0.2, 0.25) is 0 Å². The standard InChI is InChI=1S/C6H4F9Si/c7-3(8,1-2-16)4(9,10)5(11,12)6(13,14)15/h1-2H2. The molecule has 0 bridgehead atoms. The van der Waals surface area contributed by atoms with E-state index in [4.69, 9.17) is 0 Å². The van der Waals surface area contributed by atoms with Gasteiger partial charge in [0.1, 0.15) is 0 Å². The van der Waals surface area contributed by atoms with Crippen LogP contribution in [0.25, 0.3) is 0 Å². The van der Waals surface area contributed by atoms with Crippen molar-refractivity contribution in [2.75, 3.05) is 0 Å². The fourth-order valence-electron chi connectivity index (χ4n) is 0.722. The maximum absolute atomic E-state index is 12.5. The second-order valence-corrected chi connectivity index (χ2v) is 3.35. The van der Waals surface area contributed by atoms with Crippen LogP contribution in [0.2, 0.25) is 6.04 Å². The minimum Gasteiger partial charge on any atom is -0.200 e. The van der Waals surface area contributed by atoms with Crippen molar-refractivity contribution >= 4 is 10.2 Å². The zero-order valence-electron chi connectivity index (χ0n) is 7.32. The van der Waals surface area contributed by atoms with Crippen LogP contribution in [0.1, 0.15) is 6.42 Å². The average Bonchev–Trinajstić information content (AvgIpc) is 2.01. The Hall–Kier alpha value is -0.413. The third kappa shape index (κ3) is 2.30. The summed E-state index contributed by atoms with van der Waals surface area (Å²) in [5.74, 6) is -18.7. The minimum atomic E-state index is -6.79. The normalized spacial score (nSPS) is 15.4. The lowest BCUT2D eigenvalue weighted by Gasteiger charge is -2.33. The van der Waals surface area contributed by atoms with Crippen LogP contribution >= 0.6 is 0 Å². The summed E-state index contributed by atoms with van der Waals surface area (Å²) >= 11 is 0. The molecule has 0 aliphatic carbocycles. The molecule has 0 atom stereocenters. The maximum atomic E-state index is 12.5. The van der Waals surface area contributed by atoms with E-state index in [1.165, 1.54) is 0 Å². The summed E-state index contributed by atoms with van der Waals surface area (Å²) in [5, 5.41) is 0. The van der Waals surface area contributed by atoms with Crippen molar-refractivity contribution in [3.05, 3.63) is 0 Å².